The van der Waals surface area contributed by atoms with E-state index in [9.17, 15) is 4.79 Å². The van der Waals surface area contributed by atoms with E-state index < -0.39 is 0 Å². The zero-order valence-corrected chi connectivity index (χ0v) is 7.44. The fourth-order valence-corrected chi connectivity index (χ4v) is 1.81. The molecule has 0 heterocycles. The summed E-state index contributed by atoms with van der Waals surface area (Å²) in [4.78, 5) is 11.3. The number of rotatable bonds is 3. The van der Waals surface area contributed by atoms with Gasteiger partial charge in [0.25, 0.3) is 0 Å². The van der Waals surface area contributed by atoms with Gasteiger partial charge in [0, 0.05) is 12.3 Å². The van der Waals surface area contributed by atoms with Gasteiger partial charge in [0.05, 0.1) is 0 Å². The molecule has 0 aromatic rings. The molecule has 0 aromatic carbocycles. The largest absolute Gasteiger partial charge is 0.299 e. The Balaban J connectivity index is 2.24. The zero-order valence-electron chi connectivity index (χ0n) is 7.44. The predicted octanol–water partition coefficient (Wildman–Crippen LogP) is 2.94. The molecule has 1 saturated carbocycles. The normalized spacial score (nSPS) is 25.5. The Kier molecular flexibility index (Phi) is 3.61. The third-order valence-corrected chi connectivity index (χ3v) is 2.59. The first-order chi connectivity index (χ1) is 5.34. The second kappa shape index (κ2) is 4.53. The molecule has 0 unspecified atom stereocenters. The lowest BCUT2D eigenvalue weighted by Gasteiger charge is -2.19. The summed E-state index contributed by atoms with van der Waals surface area (Å²) in [6, 6.07) is 0. The zero-order chi connectivity index (χ0) is 8.10. The van der Waals surface area contributed by atoms with E-state index in [0.29, 0.717) is 11.7 Å². The van der Waals surface area contributed by atoms with Crippen molar-refractivity contribution in [2.45, 2.75) is 51.9 Å². The Morgan fingerprint density at radius 1 is 1.45 bits per heavy atom. The van der Waals surface area contributed by atoms with Crippen molar-refractivity contribution >= 4 is 5.78 Å². The maximum Gasteiger partial charge on any atom is 0.135 e. The Morgan fingerprint density at radius 3 is 2.91 bits per heavy atom. The van der Waals surface area contributed by atoms with Crippen molar-refractivity contribution in [3.05, 3.63) is 0 Å². The fraction of sp³-hybridized carbons (Fsp3) is 0.900. The molecule has 1 aliphatic rings. The van der Waals surface area contributed by atoms with Gasteiger partial charge >= 0.3 is 0 Å². The predicted molar refractivity (Wildman–Crippen MR) is 46.5 cm³/mol. The van der Waals surface area contributed by atoms with E-state index in [-0.39, 0.29) is 0 Å². The standard InChI is InChI=1S/C10H18O/c1-2-3-6-9-7-4-5-8-10(9)11/h9H,2-8H2,1H3/t9-/m0/s1. The van der Waals surface area contributed by atoms with Crippen LogP contribution >= 0.6 is 0 Å². The van der Waals surface area contributed by atoms with Gasteiger partial charge in [0.2, 0.25) is 0 Å². The van der Waals surface area contributed by atoms with E-state index in [1.54, 1.807) is 0 Å². The third-order valence-electron chi connectivity index (χ3n) is 2.59. The Hall–Kier alpha value is -0.330. The van der Waals surface area contributed by atoms with Gasteiger partial charge in [-0.25, -0.2) is 0 Å². The summed E-state index contributed by atoms with van der Waals surface area (Å²) in [5, 5.41) is 0. The number of hydrogen-bond donors (Lipinski definition) is 0. The molecular weight excluding hydrogens is 136 g/mol. The highest BCUT2D eigenvalue weighted by atomic mass is 16.1. The molecule has 0 aromatic heterocycles. The van der Waals surface area contributed by atoms with E-state index in [4.69, 9.17) is 0 Å². The molecular formula is C10H18O. The number of ketones is 1. The van der Waals surface area contributed by atoms with Gasteiger partial charge in [-0.1, -0.05) is 26.2 Å². The SMILES string of the molecule is CCCC[C@H]1CCCCC1=O. The molecule has 0 N–H and O–H groups in total. The average Bonchev–Trinajstić information content (AvgIpc) is 2.03. The van der Waals surface area contributed by atoms with Crippen LogP contribution in [0.2, 0.25) is 0 Å². The van der Waals surface area contributed by atoms with Gasteiger partial charge in [-0.05, 0) is 19.3 Å². The second-order valence-electron chi connectivity index (χ2n) is 3.55. The van der Waals surface area contributed by atoms with E-state index in [0.717, 1.165) is 19.3 Å². The van der Waals surface area contributed by atoms with Crippen LogP contribution in [0.3, 0.4) is 0 Å². The van der Waals surface area contributed by atoms with E-state index in [1.165, 1.54) is 25.7 Å². The van der Waals surface area contributed by atoms with Crippen LogP contribution in [-0.4, -0.2) is 5.78 Å². The summed E-state index contributed by atoms with van der Waals surface area (Å²) in [7, 11) is 0. The van der Waals surface area contributed by atoms with Crippen LogP contribution in [0.4, 0.5) is 0 Å². The van der Waals surface area contributed by atoms with E-state index in [1.807, 2.05) is 0 Å². The molecule has 0 spiro atoms. The van der Waals surface area contributed by atoms with Crippen LogP contribution in [0.25, 0.3) is 0 Å². The van der Waals surface area contributed by atoms with Crippen LogP contribution in [0.5, 0.6) is 0 Å². The minimum absolute atomic E-state index is 0.434. The summed E-state index contributed by atoms with van der Waals surface area (Å²) in [5.74, 6) is 0.966. The summed E-state index contributed by atoms with van der Waals surface area (Å²) in [6.45, 7) is 2.19. The first-order valence-corrected chi connectivity index (χ1v) is 4.87. The number of Topliss-reactive ketones (excluding diaryl/α,β-unsaturated/α-hetero) is 1. The Labute approximate surface area is 69.2 Å². The molecule has 1 nitrogen and oxygen atoms in total. The van der Waals surface area contributed by atoms with Gasteiger partial charge in [-0.15, -0.1) is 0 Å². The quantitative estimate of drug-likeness (QED) is 0.611. The van der Waals surface area contributed by atoms with E-state index in [2.05, 4.69) is 6.92 Å². The molecule has 0 bridgehead atoms. The van der Waals surface area contributed by atoms with Gasteiger partial charge in [-0.3, -0.25) is 4.79 Å². The van der Waals surface area contributed by atoms with Crippen LogP contribution in [-0.2, 0) is 4.79 Å². The molecule has 1 heteroatoms. The Bertz CT molecular complexity index is 129. The highest BCUT2D eigenvalue weighted by Crippen LogP contribution is 2.24. The minimum Gasteiger partial charge on any atom is -0.299 e. The highest BCUT2D eigenvalue weighted by Gasteiger charge is 2.20. The lowest BCUT2D eigenvalue weighted by atomic mass is 9.85. The van der Waals surface area contributed by atoms with Crippen LogP contribution in [0, 0.1) is 5.92 Å². The lowest BCUT2D eigenvalue weighted by Crippen LogP contribution is -2.18. The van der Waals surface area contributed by atoms with E-state index >= 15 is 0 Å². The molecule has 1 atom stereocenters. The third kappa shape index (κ3) is 2.64. The molecule has 1 fully saturated rings. The second-order valence-corrected chi connectivity index (χ2v) is 3.55. The molecule has 0 aliphatic heterocycles. The summed E-state index contributed by atoms with van der Waals surface area (Å²) in [6.07, 6.45) is 8.05. The number of unbranched alkanes of at least 4 members (excludes halogenated alkanes) is 1. The molecule has 1 aliphatic carbocycles. The average molecular weight is 154 g/mol. The van der Waals surface area contributed by atoms with Gasteiger partial charge in [-0.2, -0.15) is 0 Å². The van der Waals surface area contributed by atoms with Gasteiger partial charge in [0.15, 0.2) is 0 Å². The summed E-state index contributed by atoms with van der Waals surface area (Å²) < 4.78 is 0. The topological polar surface area (TPSA) is 17.1 Å². The first kappa shape index (κ1) is 8.76. The molecule has 1 rings (SSSR count). The minimum atomic E-state index is 0.434. The maximum absolute atomic E-state index is 11.3. The van der Waals surface area contributed by atoms with Crippen molar-refractivity contribution in [1.82, 2.24) is 0 Å². The molecule has 0 amide bonds. The molecule has 0 radical (unpaired) electrons. The summed E-state index contributed by atoms with van der Waals surface area (Å²) >= 11 is 0. The molecule has 11 heavy (non-hydrogen) atoms. The van der Waals surface area contributed by atoms with Gasteiger partial charge < -0.3 is 0 Å². The highest BCUT2D eigenvalue weighted by molar-refractivity contribution is 5.81. The summed E-state index contributed by atoms with van der Waals surface area (Å²) in [5.41, 5.74) is 0. The smallest absolute Gasteiger partial charge is 0.135 e. The number of hydrogen-bond acceptors (Lipinski definition) is 1. The lowest BCUT2D eigenvalue weighted by molar-refractivity contribution is -0.124. The first-order valence-electron chi connectivity index (χ1n) is 4.87. The number of carbonyl (C=O) groups excluding carboxylic acids is 1. The van der Waals surface area contributed by atoms with Gasteiger partial charge in [0.1, 0.15) is 5.78 Å². The number of carbonyl (C=O) groups is 1. The van der Waals surface area contributed by atoms with Crippen LogP contribution in [0.15, 0.2) is 0 Å². The Morgan fingerprint density at radius 2 is 2.27 bits per heavy atom. The van der Waals surface area contributed by atoms with Crippen molar-refractivity contribution in [2.75, 3.05) is 0 Å². The molecule has 0 saturated heterocycles. The van der Waals surface area contributed by atoms with Crippen molar-refractivity contribution in [3.8, 4) is 0 Å². The fourth-order valence-electron chi connectivity index (χ4n) is 1.81. The maximum atomic E-state index is 11.3. The van der Waals surface area contributed by atoms with Crippen molar-refractivity contribution < 1.29 is 4.79 Å². The van der Waals surface area contributed by atoms with Crippen LogP contribution in [0.1, 0.15) is 51.9 Å². The van der Waals surface area contributed by atoms with Crippen molar-refractivity contribution in [2.24, 2.45) is 5.92 Å². The monoisotopic (exact) mass is 154 g/mol. The molecule has 64 valence electrons. The van der Waals surface area contributed by atoms with Crippen molar-refractivity contribution in [3.63, 3.8) is 0 Å². The van der Waals surface area contributed by atoms with Crippen molar-refractivity contribution in [1.29, 1.82) is 0 Å². The van der Waals surface area contributed by atoms with Crippen LogP contribution < -0.4 is 0 Å².